The molecule has 0 bridgehead atoms. The minimum absolute atomic E-state index is 0.0111. The molecular weight excluding hydrogens is 418 g/mol. The van der Waals surface area contributed by atoms with Gasteiger partial charge in [0.1, 0.15) is 8.42 Å². The van der Waals surface area contributed by atoms with E-state index in [0.29, 0.717) is 24.4 Å². The van der Waals surface area contributed by atoms with Crippen molar-refractivity contribution in [2.45, 2.75) is 27.8 Å². The normalized spacial score (nSPS) is 19.5. The van der Waals surface area contributed by atoms with Crippen LogP contribution < -0.4 is 5.14 Å². The first kappa shape index (κ1) is 22.0. The van der Waals surface area contributed by atoms with E-state index in [1.165, 1.54) is 29.5 Å². The first-order valence-corrected chi connectivity index (χ1v) is 11.9. The minimum atomic E-state index is -4.09. The van der Waals surface area contributed by atoms with Crippen molar-refractivity contribution in [3.63, 3.8) is 0 Å². The van der Waals surface area contributed by atoms with E-state index in [0.717, 1.165) is 0 Å². The van der Waals surface area contributed by atoms with Gasteiger partial charge in [-0.25, -0.2) is 26.8 Å². The van der Waals surface area contributed by atoms with Crippen molar-refractivity contribution in [2.75, 3.05) is 40.5 Å². The first-order chi connectivity index (χ1) is 12.6. The van der Waals surface area contributed by atoms with Gasteiger partial charge < -0.3 is 14.4 Å². The zero-order chi connectivity index (χ0) is 20.4. The van der Waals surface area contributed by atoms with Crippen LogP contribution in [-0.2, 0) is 29.5 Å². The van der Waals surface area contributed by atoms with E-state index in [9.17, 15) is 21.6 Å². The topological polar surface area (TPSA) is 136 Å². The average Bonchev–Trinajstić information content (AvgIpc) is 3.06. The predicted octanol–water partition coefficient (Wildman–Crippen LogP) is 0.566. The third-order valence-corrected chi connectivity index (χ3v) is 9.14. The van der Waals surface area contributed by atoms with E-state index in [2.05, 4.69) is 0 Å². The lowest BCUT2D eigenvalue weighted by molar-refractivity contribution is 0.0981. The number of carbonyl (C=O) groups excluding carboxylic acids is 1. The number of sulfonamides is 2. The molecule has 0 radical (unpaired) electrons. The van der Waals surface area contributed by atoms with Crippen molar-refractivity contribution in [3.05, 3.63) is 11.6 Å². The van der Waals surface area contributed by atoms with E-state index >= 15 is 0 Å². The molecule has 0 spiro atoms. The van der Waals surface area contributed by atoms with E-state index < -0.39 is 32.2 Å². The monoisotopic (exact) mass is 441 g/mol. The smallest absolute Gasteiger partial charge is 0.410 e. The number of hydrogen-bond donors (Lipinski definition) is 1. The summed E-state index contributed by atoms with van der Waals surface area (Å²) in [5, 5.41) is 5.18. The lowest BCUT2D eigenvalue weighted by atomic mass is 10.1. The van der Waals surface area contributed by atoms with E-state index in [1.54, 1.807) is 6.92 Å². The predicted molar refractivity (Wildman–Crippen MR) is 98.5 cm³/mol. The molecule has 2 rings (SSSR count). The second-order valence-corrected chi connectivity index (χ2v) is 10.8. The van der Waals surface area contributed by atoms with Crippen LogP contribution >= 0.6 is 11.3 Å². The molecule has 0 unspecified atom stereocenters. The van der Waals surface area contributed by atoms with Gasteiger partial charge in [0.05, 0.1) is 13.2 Å². The average molecular weight is 442 g/mol. The van der Waals surface area contributed by atoms with Crippen LogP contribution in [0.25, 0.3) is 0 Å². The van der Waals surface area contributed by atoms with Crippen LogP contribution in [0, 0.1) is 0 Å². The van der Waals surface area contributed by atoms with Gasteiger partial charge in [-0.2, -0.15) is 4.31 Å². The third kappa shape index (κ3) is 4.43. The Hall–Kier alpha value is -1.25. The van der Waals surface area contributed by atoms with Crippen LogP contribution in [0.4, 0.5) is 4.79 Å². The Morgan fingerprint density at radius 2 is 2.11 bits per heavy atom. The molecule has 13 heteroatoms. The van der Waals surface area contributed by atoms with Crippen molar-refractivity contribution < 1.29 is 31.1 Å². The zero-order valence-electron chi connectivity index (χ0n) is 15.2. The van der Waals surface area contributed by atoms with E-state index in [4.69, 9.17) is 14.6 Å². The molecule has 0 aromatic carbocycles. The molecule has 1 amide bonds. The molecule has 0 saturated heterocycles. The summed E-state index contributed by atoms with van der Waals surface area (Å²) in [5.41, 5.74) is 0.235. The van der Waals surface area contributed by atoms with Gasteiger partial charge in [-0.15, -0.1) is 11.3 Å². The molecule has 0 fully saturated rings. The van der Waals surface area contributed by atoms with Gasteiger partial charge in [-0.05, 0) is 19.4 Å². The third-order valence-electron chi connectivity index (χ3n) is 4.17. The highest BCUT2D eigenvalue weighted by atomic mass is 32.3. The van der Waals surface area contributed by atoms with Crippen LogP contribution in [0.15, 0.2) is 14.5 Å². The molecule has 1 aliphatic heterocycles. The zero-order valence-corrected chi connectivity index (χ0v) is 17.7. The Bertz CT molecular complexity index is 895. The van der Waals surface area contributed by atoms with Gasteiger partial charge in [0.2, 0.25) is 10.0 Å². The maximum absolute atomic E-state index is 13.0. The van der Waals surface area contributed by atoms with Gasteiger partial charge in [0.25, 0.3) is 10.0 Å². The van der Waals surface area contributed by atoms with Crippen LogP contribution in [-0.4, -0.2) is 72.6 Å². The van der Waals surface area contributed by atoms with Crippen molar-refractivity contribution >= 4 is 37.5 Å². The minimum Gasteiger partial charge on any atom is -0.453 e. The maximum atomic E-state index is 13.0. The number of nitrogens with two attached hydrogens (primary N) is 1. The number of ether oxygens (including phenoxy) is 2. The fourth-order valence-electron chi connectivity index (χ4n) is 2.90. The summed E-state index contributed by atoms with van der Waals surface area (Å²) in [6, 6.07) is 0.547. The number of amides is 1. The highest BCUT2D eigenvalue weighted by Crippen LogP contribution is 2.42. The summed E-state index contributed by atoms with van der Waals surface area (Å²) < 4.78 is 60.0. The summed E-state index contributed by atoms with van der Waals surface area (Å²) in [5.74, 6) is 0. The number of likely N-dealkylation sites (N-methyl/N-ethyl adjacent to an activating group) is 1. The summed E-state index contributed by atoms with van der Waals surface area (Å²) in [6.07, 6.45) is -0.178. The van der Waals surface area contributed by atoms with Crippen LogP contribution in [0.1, 0.15) is 24.9 Å². The Morgan fingerprint density at radius 1 is 1.44 bits per heavy atom. The Morgan fingerprint density at radius 3 is 2.63 bits per heavy atom. The number of carbonyl (C=O) groups is 1. The molecule has 0 saturated carbocycles. The van der Waals surface area contributed by atoms with Crippen molar-refractivity contribution in [2.24, 2.45) is 5.14 Å². The number of primary sulfonamides is 1. The number of hydrogen-bond acceptors (Lipinski definition) is 8. The molecule has 1 aromatic rings. The lowest BCUT2D eigenvalue weighted by Gasteiger charge is -2.37. The summed E-state index contributed by atoms with van der Waals surface area (Å²) in [4.78, 5) is 13.5. The largest absolute Gasteiger partial charge is 0.453 e. The Labute approximate surface area is 162 Å². The summed E-state index contributed by atoms with van der Waals surface area (Å²) in [6.45, 7) is 2.51. The SMILES string of the molecule is CCN(C(=O)OC)[C@H]1CN(CCCOC)S(=O)(=O)c2sc(S(N)(=O)=O)cc21. The van der Waals surface area contributed by atoms with Crippen LogP contribution in [0.5, 0.6) is 0 Å². The summed E-state index contributed by atoms with van der Waals surface area (Å²) >= 11 is 0.591. The molecule has 10 nitrogen and oxygen atoms in total. The number of rotatable bonds is 7. The van der Waals surface area contributed by atoms with Gasteiger partial charge >= 0.3 is 6.09 Å². The quantitative estimate of drug-likeness (QED) is 0.611. The van der Waals surface area contributed by atoms with Gasteiger partial charge in [-0.1, -0.05) is 0 Å². The number of thiophene rings is 1. The molecule has 1 atom stereocenters. The summed E-state index contributed by atoms with van der Waals surface area (Å²) in [7, 11) is -5.26. The molecule has 1 aliphatic rings. The highest BCUT2D eigenvalue weighted by molar-refractivity contribution is 7.94. The van der Waals surface area contributed by atoms with Crippen molar-refractivity contribution in [1.29, 1.82) is 0 Å². The molecule has 27 heavy (non-hydrogen) atoms. The highest BCUT2D eigenvalue weighted by Gasteiger charge is 2.43. The van der Waals surface area contributed by atoms with E-state index in [-0.39, 0.29) is 33.6 Å². The molecular formula is C14H23N3O7S3. The van der Waals surface area contributed by atoms with Gasteiger partial charge in [0, 0.05) is 38.9 Å². The van der Waals surface area contributed by atoms with Crippen LogP contribution in [0.2, 0.25) is 0 Å². The second kappa shape index (κ2) is 8.41. The van der Waals surface area contributed by atoms with Gasteiger partial charge in [-0.3, -0.25) is 0 Å². The fraction of sp³-hybridized carbons (Fsp3) is 0.643. The lowest BCUT2D eigenvalue weighted by Crippen LogP contribution is -2.47. The van der Waals surface area contributed by atoms with Crippen molar-refractivity contribution in [3.8, 4) is 0 Å². The molecule has 154 valence electrons. The number of methoxy groups -OCH3 is 2. The maximum Gasteiger partial charge on any atom is 0.410 e. The Kier molecular flexibility index (Phi) is 6.86. The number of nitrogens with zero attached hydrogens (tertiary/aromatic N) is 2. The molecule has 2 heterocycles. The molecule has 0 aliphatic carbocycles. The standard InChI is InChI=1S/C14H23N3O7S3/c1-4-17(14(18)24-3)11-9-16(6-5-7-23-2)27(21,22)13-10(11)8-12(25-13)26(15,19)20/h8,11H,4-7,9H2,1-3H3,(H2,15,19,20)/t11-/m0/s1. The molecule has 2 N–H and O–H groups in total. The molecule has 1 aromatic heterocycles. The second-order valence-electron chi connectivity index (χ2n) is 5.83. The van der Waals surface area contributed by atoms with Crippen LogP contribution in [0.3, 0.4) is 0 Å². The fourth-order valence-corrected chi connectivity index (χ4v) is 7.19. The Balaban J connectivity index is 2.58. The van der Waals surface area contributed by atoms with Gasteiger partial charge in [0.15, 0.2) is 0 Å². The van der Waals surface area contributed by atoms with Crippen molar-refractivity contribution in [1.82, 2.24) is 9.21 Å². The first-order valence-electron chi connectivity index (χ1n) is 8.08. The van der Waals surface area contributed by atoms with E-state index in [1.807, 2.05) is 0 Å². The number of fused-ring (bicyclic) bond motifs is 1.